The fourth-order valence-corrected chi connectivity index (χ4v) is 1.67. The molecule has 0 saturated carbocycles. The van der Waals surface area contributed by atoms with E-state index in [4.69, 9.17) is 9.84 Å². The molecule has 0 spiro atoms. The second kappa shape index (κ2) is 6.56. The maximum Gasteiger partial charge on any atom is 0.322 e. The molecule has 1 amide bonds. The van der Waals surface area contributed by atoms with Crippen molar-refractivity contribution in [3.63, 3.8) is 0 Å². The average molecular weight is 244 g/mol. The van der Waals surface area contributed by atoms with Gasteiger partial charge in [-0.3, -0.25) is 14.5 Å². The minimum Gasteiger partial charge on any atom is -0.480 e. The van der Waals surface area contributed by atoms with Crippen LogP contribution in [0.3, 0.4) is 0 Å². The Morgan fingerprint density at radius 1 is 1.65 bits per heavy atom. The second-order valence-electron chi connectivity index (χ2n) is 4.60. The molecule has 17 heavy (non-hydrogen) atoms. The van der Waals surface area contributed by atoms with E-state index in [1.165, 1.54) is 0 Å². The number of carboxylic acid groups (broad SMARTS) is 1. The number of nitrogens with one attached hydrogen (secondary N) is 1. The molecule has 6 nitrogen and oxygen atoms in total. The predicted molar refractivity (Wildman–Crippen MR) is 61.7 cm³/mol. The molecule has 6 heteroatoms. The van der Waals surface area contributed by atoms with Crippen LogP contribution in [0.25, 0.3) is 0 Å². The number of hydrogen-bond donors (Lipinski definition) is 2. The third-order valence-corrected chi connectivity index (χ3v) is 2.54. The van der Waals surface area contributed by atoms with Crippen molar-refractivity contribution in [2.24, 2.45) is 5.92 Å². The van der Waals surface area contributed by atoms with Crippen molar-refractivity contribution in [3.05, 3.63) is 0 Å². The van der Waals surface area contributed by atoms with E-state index in [9.17, 15) is 9.59 Å². The largest absolute Gasteiger partial charge is 0.480 e. The minimum atomic E-state index is -0.908. The summed E-state index contributed by atoms with van der Waals surface area (Å²) in [4.78, 5) is 23.8. The van der Waals surface area contributed by atoms with E-state index < -0.39 is 12.0 Å². The van der Waals surface area contributed by atoms with Crippen molar-refractivity contribution < 1.29 is 19.4 Å². The number of nitrogens with zero attached hydrogens (tertiary/aromatic N) is 1. The molecule has 98 valence electrons. The summed E-state index contributed by atoms with van der Waals surface area (Å²) in [5, 5.41) is 11.6. The first kappa shape index (κ1) is 13.9. The summed E-state index contributed by atoms with van der Waals surface area (Å²) in [6, 6.07) is -0.643. The lowest BCUT2D eigenvalue weighted by Gasteiger charge is -2.32. The fraction of sp³-hybridized carbons (Fsp3) is 0.818. The lowest BCUT2D eigenvalue weighted by atomic mass is 10.2. The summed E-state index contributed by atoms with van der Waals surface area (Å²) in [5.74, 6) is -0.588. The zero-order chi connectivity index (χ0) is 12.8. The maximum absolute atomic E-state index is 11.2. The van der Waals surface area contributed by atoms with Crippen LogP contribution in [-0.4, -0.2) is 60.8 Å². The number of aliphatic carboxylic acids is 1. The molecule has 1 saturated heterocycles. The number of carboxylic acids is 1. The van der Waals surface area contributed by atoms with Gasteiger partial charge in [0.1, 0.15) is 6.04 Å². The highest BCUT2D eigenvalue weighted by Gasteiger charge is 2.31. The lowest BCUT2D eigenvalue weighted by Crippen LogP contribution is -2.58. The molecule has 0 radical (unpaired) electrons. The van der Waals surface area contributed by atoms with Crippen LogP contribution in [0.4, 0.5) is 0 Å². The van der Waals surface area contributed by atoms with E-state index in [0.717, 1.165) is 0 Å². The summed E-state index contributed by atoms with van der Waals surface area (Å²) in [6.45, 7) is 5.97. The highest BCUT2D eigenvalue weighted by molar-refractivity contribution is 5.83. The van der Waals surface area contributed by atoms with Gasteiger partial charge in [0.05, 0.1) is 13.2 Å². The minimum absolute atomic E-state index is 0.127. The molecule has 1 heterocycles. The van der Waals surface area contributed by atoms with Gasteiger partial charge >= 0.3 is 5.97 Å². The summed E-state index contributed by atoms with van der Waals surface area (Å²) in [7, 11) is 0. The van der Waals surface area contributed by atoms with Gasteiger partial charge in [0, 0.05) is 19.7 Å². The van der Waals surface area contributed by atoms with E-state index in [1.54, 1.807) is 4.90 Å². The molecule has 1 aliphatic heterocycles. The van der Waals surface area contributed by atoms with E-state index in [2.05, 4.69) is 5.32 Å². The van der Waals surface area contributed by atoms with Gasteiger partial charge in [-0.2, -0.15) is 0 Å². The third kappa shape index (κ3) is 4.70. The molecule has 2 N–H and O–H groups in total. The number of carbonyl (C=O) groups is 2. The first-order valence-corrected chi connectivity index (χ1v) is 5.82. The molecule has 1 rings (SSSR count). The summed E-state index contributed by atoms with van der Waals surface area (Å²) in [5.41, 5.74) is 0. The van der Waals surface area contributed by atoms with Crippen molar-refractivity contribution >= 4 is 11.9 Å². The smallest absolute Gasteiger partial charge is 0.322 e. The van der Waals surface area contributed by atoms with Gasteiger partial charge in [-0.1, -0.05) is 13.8 Å². The maximum atomic E-state index is 11.2. The van der Waals surface area contributed by atoms with Crippen LogP contribution in [0.1, 0.15) is 13.8 Å². The van der Waals surface area contributed by atoms with Gasteiger partial charge in [0.2, 0.25) is 5.91 Å². The Hall–Kier alpha value is -1.14. The quantitative estimate of drug-likeness (QED) is 0.618. The zero-order valence-corrected chi connectivity index (χ0v) is 10.3. The van der Waals surface area contributed by atoms with Crippen LogP contribution in [0, 0.1) is 5.92 Å². The van der Waals surface area contributed by atoms with Crippen LogP contribution in [0.5, 0.6) is 0 Å². The Kier molecular flexibility index (Phi) is 5.37. The van der Waals surface area contributed by atoms with Crippen LogP contribution in [0.2, 0.25) is 0 Å². The van der Waals surface area contributed by atoms with E-state index in [1.807, 2.05) is 13.8 Å². The van der Waals surface area contributed by atoms with Gasteiger partial charge in [-0.25, -0.2) is 0 Å². The number of rotatable bonds is 6. The monoisotopic (exact) mass is 244 g/mol. The number of hydrogen-bond acceptors (Lipinski definition) is 4. The number of ether oxygens (including phenoxy) is 1. The topological polar surface area (TPSA) is 78.9 Å². The Morgan fingerprint density at radius 2 is 2.35 bits per heavy atom. The zero-order valence-electron chi connectivity index (χ0n) is 10.3. The van der Waals surface area contributed by atoms with Gasteiger partial charge in [-0.05, 0) is 5.92 Å². The Morgan fingerprint density at radius 3 is 2.94 bits per heavy atom. The first-order valence-electron chi connectivity index (χ1n) is 5.82. The van der Waals surface area contributed by atoms with Gasteiger partial charge in [0.25, 0.3) is 0 Å². The molecule has 1 aliphatic rings. The Bertz CT molecular complexity index is 281. The molecule has 1 atom stereocenters. The van der Waals surface area contributed by atoms with Crippen LogP contribution in [0.15, 0.2) is 0 Å². The molecular weight excluding hydrogens is 224 g/mol. The fourth-order valence-electron chi connectivity index (χ4n) is 1.67. The molecule has 0 aromatic carbocycles. The normalized spacial score (nSPS) is 21.6. The van der Waals surface area contributed by atoms with Crippen molar-refractivity contribution in [1.29, 1.82) is 0 Å². The second-order valence-corrected chi connectivity index (χ2v) is 4.60. The van der Waals surface area contributed by atoms with Crippen molar-refractivity contribution in [2.75, 3.05) is 32.8 Å². The van der Waals surface area contributed by atoms with E-state index in [0.29, 0.717) is 25.7 Å². The molecule has 0 bridgehead atoms. The van der Waals surface area contributed by atoms with Gasteiger partial charge < -0.3 is 15.2 Å². The first-order chi connectivity index (χ1) is 8.00. The van der Waals surface area contributed by atoms with Crippen LogP contribution < -0.4 is 5.32 Å². The number of amides is 1. The Labute approximate surface area is 101 Å². The predicted octanol–water partition coefficient (Wildman–Crippen LogP) is -0.456. The van der Waals surface area contributed by atoms with Crippen LogP contribution in [-0.2, 0) is 14.3 Å². The molecule has 0 aromatic rings. The highest BCUT2D eigenvalue weighted by Crippen LogP contribution is 2.04. The van der Waals surface area contributed by atoms with Gasteiger partial charge in [0.15, 0.2) is 0 Å². The standard InChI is InChI=1S/C11H20N2O4/c1-8(2)7-17-4-3-13-6-10(14)12-5-9(13)11(15)16/h8-9H,3-7H2,1-2H3,(H,12,14)(H,15,16). The average Bonchev–Trinajstić information content (AvgIpc) is 2.23. The molecular formula is C11H20N2O4. The number of piperazine rings is 1. The molecule has 1 fully saturated rings. The highest BCUT2D eigenvalue weighted by atomic mass is 16.5. The summed E-state index contributed by atoms with van der Waals surface area (Å²) >= 11 is 0. The number of carbonyl (C=O) groups excluding carboxylic acids is 1. The van der Waals surface area contributed by atoms with E-state index in [-0.39, 0.29) is 19.0 Å². The summed E-state index contributed by atoms with van der Waals surface area (Å²) in [6.07, 6.45) is 0. The molecule has 0 aliphatic carbocycles. The third-order valence-electron chi connectivity index (χ3n) is 2.54. The Balaban J connectivity index is 2.36. The lowest BCUT2D eigenvalue weighted by molar-refractivity contribution is -0.146. The van der Waals surface area contributed by atoms with Crippen LogP contribution >= 0.6 is 0 Å². The molecule has 1 unspecified atom stereocenters. The molecule has 0 aromatic heterocycles. The van der Waals surface area contributed by atoms with E-state index >= 15 is 0 Å². The van der Waals surface area contributed by atoms with Crippen molar-refractivity contribution in [3.8, 4) is 0 Å². The summed E-state index contributed by atoms with van der Waals surface area (Å²) < 4.78 is 5.39. The SMILES string of the molecule is CC(C)COCCN1CC(=O)NCC1C(=O)O. The van der Waals surface area contributed by atoms with Crippen molar-refractivity contribution in [1.82, 2.24) is 10.2 Å². The van der Waals surface area contributed by atoms with Crippen molar-refractivity contribution in [2.45, 2.75) is 19.9 Å². The van der Waals surface area contributed by atoms with Gasteiger partial charge in [-0.15, -0.1) is 0 Å².